The molecule has 0 saturated heterocycles. The minimum absolute atomic E-state index is 0.404. The highest BCUT2D eigenvalue weighted by atomic mass is 16.5. The van der Waals surface area contributed by atoms with Crippen molar-refractivity contribution in [2.75, 3.05) is 13.2 Å². The van der Waals surface area contributed by atoms with Gasteiger partial charge in [0.15, 0.2) is 13.2 Å². The van der Waals surface area contributed by atoms with Crippen molar-refractivity contribution in [3.8, 4) is 22.6 Å². The maximum Gasteiger partial charge on any atom is 0.341 e. The maximum absolute atomic E-state index is 11.6. The van der Waals surface area contributed by atoms with Gasteiger partial charge in [-0.05, 0) is 44.5 Å². The van der Waals surface area contributed by atoms with Gasteiger partial charge < -0.3 is 19.7 Å². The monoisotopic (exact) mass is 502 g/mol. The zero-order valence-corrected chi connectivity index (χ0v) is 20.2. The average Bonchev–Trinajstić information content (AvgIpc) is 2.94. The van der Waals surface area contributed by atoms with Crippen LogP contribution in [0.4, 0.5) is 0 Å². The summed E-state index contributed by atoms with van der Waals surface area (Å²) >= 11 is 0. The fourth-order valence-corrected chi connectivity index (χ4v) is 5.12. The molecule has 6 aromatic rings. The second kappa shape index (κ2) is 9.41. The van der Waals surface area contributed by atoms with Crippen molar-refractivity contribution in [1.82, 2.24) is 0 Å². The molecule has 0 aromatic heterocycles. The highest BCUT2D eigenvalue weighted by Gasteiger charge is 2.21. The molecule has 0 radical (unpaired) electrons. The zero-order valence-electron chi connectivity index (χ0n) is 20.2. The quantitative estimate of drug-likeness (QED) is 0.231. The van der Waals surface area contributed by atoms with E-state index in [4.69, 9.17) is 9.47 Å². The van der Waals surface area contributed by atoms with Crippen LogP contribution in [-0.2, 0) is 9.59 Å². The van der Waals surface area contributed by atoms with Gasteiger partial charge in [0.05, 0.1) is 0 Å². The van der Waals surface area contributed by atoms with Crippen LogP contribution >= 0.6 is 0 Å². The van der Waals surface area contributed by atoms with Crippen LogP contribution in [0.1, 0.15) is 0 Å². The molecule has 186 valence electrons. The Morgan fingerprint density at radius 2 is 0.868 bits per heavy atom. The van der Waals surface area contributed by atoms with Gasteiger partial charge in [0.25, 0.3) is 0 Å². The Hall–Kier alpha value is -5.10. The molecule has 0 saturated carbocycles. The Morgan fingerprint density at radius 3 is 1.29 bits per heavy atom. The predicted molar refractivity (Wildman–Crippen MR) is 148 cm³/mol. The molecular weight excluding hydrogens is 480 g/mol. The molecule has 0 atom stereocenters. The Kier molecular flexibility index (Phi) is 5.77. The van der Waals surface area contributed by atoms with E-state index in [2.05, 4.69) is 0 Å². The molecule has 0 amide bonds. The first-order valence-corrected chi connectivity index (χ1v) is 12.1. The molecule has 0 aliphatic rings. The molecule has 0 aliphatic carbocycles. The summed E-state index contributed by atoms with van der Waals surface area (Å²) in [5.41, 5.74) is 1.23. The molecule has 6 heteroatoms. The minimum Gasteiger partial charge on any atom is -0.481 e. The average molecular weight is 503 g/mol. The Balaban J connectivity index is 1.72. The van der Waals surface area contributed by atoms with E-state index >= 15 is 0 Å². The van der Waals surface area contributed by atoms with Gasteiger partial charge in [-0.3, -0.25) is 0 Å². The standard InChI is InChI=1S/C32H22O6/c33-27(34)17-37-31-25(15-13-21-11-9-19-5-1-3-7-23(19)29(21)31)26-16-14-22-12-10-20-6-2-4-8-24(20)30(22)32(26)38-18-28(35)36/h1-16H,17-18H2,(H,33,34)(H,35,36). The van der Waals surface area contributed by atoms with Crippen LogP contribution in [0.25, 0.3) is 54.2 Å². The van der Waals surface area contributed by atoms with Gasteiger partial charge in [0, 0.05) is 21.9 Å². The lowest BCUT2D eigenvalue weighted by atomic mass is 9.92. The smallest absolute Gasteiger partial charge is 0.341 e. The summed E-state index contributed by atoms with van der Waals surface area (Å²) in [4.78, 5) is 23.1. The van der Waals surface area contributed by atoms with Gasteiger partial charge in [-0.15, -0.1) is 0 Å². The minimum atomic E-state index is -1.10. The summed E-state index contributed by atoms with van der Waals surface area (Å²) in [6.45, 7) is -1.06. The Morgan fingerprint density at radius 1 is 0.500 bits per heavy atom. The van der Waals surface area contributed by atoms with Crippen LogP contribution in [0.3, 0.4) is 0 Å². The van der Waals surface area contributed by atoms with E-state index in [0.29, 0.717) is 22.6 Å². The Bertz CT molecular complexity index is 1750. The van der Waals surface area contributed by atoms with Crippen molar-refractivity contribution in [3.63, 3.8) is 0 Å². The molecular formula is C32H22O6. The first-order valence-electron chi connectivity index (χ1n) is 12.1. The number of carboxylic acids is 2. The molecule has 0 fully saturated rings. The number of rotatable bonds is 7. The van der Waals surface area contributed by atoms with Gasteiger partial charge in [-0.2, -0.15) is 0 Å². The fourth-order valence-electron chi connectivity index (χ4n) is 5.12. The van der Waals surface area contributed by atoms with Gasteiger partial charge in [-0.1, -0.05) is 84.9 Å². The number of hydrogen-bond acceptors (Lipinski definition) is 4. The molecule has 0 bridgehead atoms. The fraction of sp³-hybridized carbons (Fsp3) is 0.0625. The zero-order chi connectivity index (χ0) is 26.2. The number of benzene rings is 6. The van der Waals surface area contributed by atoms with Crippen LogP contribution in [0.15, 0.2) is 97.1 Å². The number of aliphatic carboxylic acids is 2. The lowest BCUT2D eigenvalue weighted by Gasteiger charge is -2.19. The predicted octanol–water partition coefficient (Wildman–Crippen LogP) is 6.89. The third-order valence-corrected chi connectivity index (χ3v) is 6.70. The SMILES string of the molecule is O=C(O)COc1c(-c2ccc3ccc4ccccc4c3c2OCC(=O)O)ccc2ccc3ccccc3c12. The van der Waals surface area contributed by atoms with Crippen molar-refractivity contribution >= 4 is 55.0 Å². The summed E-state index contributed by atoms with van der Waals surface area (Å²) in [5, 5.41) is 26.1. The van der Waals surface area contributed by atoms with E-state index in [0.717, 1.165) is 43.1 Å². The Labute approximate surface area is 217 Å². The first kappa shape index (κ1) is 23.3. The molecule has 6 rings (SSSR count). The van der Waals surface area contributed by atoms with Crippen molar-refractivity contribution in [2.24, 2.45) is 0 Å². The highest BCUT2D eigenvalue weighted by molar-refractivity contribution is 6.16. The molecule has 0 unspecified atom stereocenters. The van der Waals surface area contributed by atoms with E-state index in [9.17, 15) is 19.8 Å². The van der Waals surface area contributed by atoms with Crippen molar-refractivity contribution in [3.05, 3.63) is 97.1 Å². The summed E-state index contributed by atoms with van der Waals surface area (Å²) in [6, 6.07) is 31.3. The van der Waals surface area contributed by atoms with Gasteiger partial charge >= 0.3 is 11.9 Å². The lowest BCUT2D eigenvalue weighted by Crippen LogP contribution is -2.12. The van der Waals surface area contributed by atoms with Crippen molar-refractivity contribution in [1.29, 1.82) is 0 Å². The molecule has 6 aromatic carbocycles. The van der Waals surface area contributed by atoms with Gasteiger partial charge in [0.2, 0.25) is 0 Å². The van der Waals surface area contributed by atoms with Crippen LogP contribution in [0, 0.1) is 0 Å². The van der Waals surface area contributed by atoms with E-state index in [1.54, 1.807) is 0 Å². The molecule has 0 heterocycles. The van der Waals surface area contributed by atoms with Crippen molar-refractivity contribution in [2.45, 2.75) is 0 Å². The van der Waals surface area contributed by atoms with Crippen LogP contribution in [0.2, 0.25) is 0 Å². The molecule has 0 aliphatic heterocycles. The van der Waals surface area contributed by atoms with E-state index < -0.39 is 25.2 Å². The van der Waals surface area contributed by atoms with Crippen molar-refractivity contribution < 1.29 is 29.3 Å². The molecule has 38 heavy (non-hydrogen) atoms. The molecule has 2 N–H and O–H groups in total. The van der Waals surface area contributed by atoms with E-state index in [-0.39, 0.29) is 0 Å². The van der Waals surface area contributed by atoms with Crippen LogP contribution in [0.5, 0.6) is 11.5 Å². The molecule has 6 nitrogen and oxygen atoms in total. The maximum atomic E-state index is 11.6. The van der Waals surface area contributed by atoms with E-state index in [1.807, 2.05) is 97.1 Å². The second-order valence-corrected chi connectivity index (χ2v) is 9.02. The van der Waals surface area contributed by atoms with Gasteiger partial charge in [0.1, 0.15) is 11.5 Å². The topological polar surface area (TPSA) is 93.1 Å². The number of ether oxygens (including phenoxy) is 2. The normalized spacial score (nSPS) is 11.3. The third kappa shape index (κ3) is 4.02. The lowest BCUT2D eigenvalue weighted by molar-refractivity contribution is -0.140. The summed E-state index contributed by atoms with van der Waals surface area (Å²) in [6.07, 6.45) is 0. The summed E-state index contributed by atoms with van der Waals surface area (Å²) < 4.78 is 12.0. The van der Waals surface area contributed by atoms with Crippen LogP contribution < -0.4 is 9.47 Å². The number of carbonyl (C=O) groups is 2. The summed E-state index contributed by atoms with van der Waals surface area (Å²) in [7, 11) is 0. The largest absolute Gasteiger partial charge is 0.481 e. The third-order valence-electron chi connectivity index (χ3n) is 6.70. The molecule has 0 spiro atoms. The number of hydrogen-bond donors (Lipinski definition) is 2. The summed E-state index contributed by atoms with van der Waals surface area (Å²) in [5.74, 6) is -1.39. The van der Waals surface area contributed by atoms with Gasteiger partial charge in [-0.25, -0.2) is 9.59 Å². The first-order chi connectivity index (χ1) is 18.5. The number of fused-ring (bicyclic) bond motifs is 6. The number of carboxylic acid groups (broad SMARTS) is 2. The second-order valence-electron chi connectivity index (χ2n) is 9.02. The van der Waals surface area contributed by atoms with Crippen LogP contribution in [-0.4, -0.2) is 35.4 Å². The van der Waals surface area contributed by atoms with E-state index in [1.165, 1.54) is 0 Å². The highest BCUT2D eigenvalue weighted by Crippen LogP contribution is 2.47.